The van der Waals surface area contributed by atoms with Crippen molar-refractivity contribution in [1.82, 2.24) is 0 Å². The Morgan fingerprint density at radius 3 is 2.80 bits per heavy atom. The number of hydrogen-bond acceptors (Lipinski definition) is 3. The normalized spacial score (nSPS) is 9.20. The fourth-order valence-electron chi connectivity index (χ4n) is 0.307. The van der Waals surface area contributed by atoms with Crippen molar-refractivity contribution in [3.63, 3.8) is 0 Å². The van der Waals surface area contributed by atoms with Gasteiger partial charge in [0.25, 0.3) is 0 Å². The molecule has 3 nitrogen and oxygen atoms in total. The van der Waals surface area contributed by atoms with Crippen molar-refractivity contribution in [2.75, 3.05) is 6.61 Å². The SMILES string of the molecule is C=CCOC(=O)C=CC=O. The number of carbonyl (C=O) groups excluding carboxylic acids is 2. The van der Waals surface area contributed by atoms with E-state index in [9.17, 15) is 9.59 Å². The van der Waals surface area contributed by atoms with Crippen LogP contribution in [0.4, 0.5) is 0 Å². The lowest BCUT2D eigenvalue weighted by molar-refractivity contribution is -0.136. The minimum absolute atomic E-state index is 0.169. The van der Waals surface area contributed by atoms with Crippen molar-refractivity contribution in [2.45, 2.75) is 0 Å². The molecule has 0 aliphatic carbocycles. The molecule has 0 bridgehead atoms. The van der Waals surface area contributed by atoms with Crippen LogP contribution in [0.3, 0.4) is 0 Å². The van der Waals surface area contributed by atoms with Crippen LogP contribution in [-0.2, 0) is 14.3 Å². The molecule has 0 aliphatic heterocycles. The Labute approximate surface area is 59.0 Å². The first kappa shape index (κ1) is 8.62. The topological polar surface area (TPSA) is 43.4 Å². The Bertz CT molecular complexity index is 158. The molecule has 54 valence electrons. The third kappa shape index (κ3) is 4.77. The zero-order valence-electron chi connectivity index (χ0n) is 5.45. The molecule has 0 N–H and O–H groups in total. The number of carbonyl (C=O) groups is 2. The zero-order chi connectivity index (χ0) is 7.82. The van der Waals surface area contributed by atoms with Gasteiger partial charge in [-0.3, -0.25) is 4.79 Å². The van der Waals surface area contributed by atoms with Gasteiger partial charge in [-0.2, -0.15) is 0 Å². The van der Waals surface area contributed by atoms with Gasteiger partial charge in [-0.25, -0.2) is 4.79 Å². The van der Waals surface area contributed by atoms with Crippen molar-refractivity contribution < 1.29 is 14.3 Å². The second kappa shape index (κ2) is 5.75. The molecule has 0 saturated heterocycles. The van der Waals surface area contributed by atoms with E-state index in [-0.39, 0.29) is 6.61 Å². The van der Waals surface area contributed by atoms with Crippen molar-refractivity contribution in [3.05, 3.63) is 24.8 Å². The third-order valence-electron chi connectivity index (χ3n) is 0.654. The van der Waals surface area contributed by atoms with E-state index in [4.69, 9.17) is 0 Å². The molecule has 0 radical (unpaired) electrons. The summed E-state index contributed by atoms with van der Waals surface area (Å²) in [5, 5.41) is 0. The maximum atomic E-state index is 10.4. The van der Waals surface area contributed by atoms with Crippen molar-refractivity contribution in [1.29, 1.82) is 0 Å². The molecule has 0 amide bonds. The summed E-state index contributed by atoms with van der Waals surface area (Å²) in [7, 11) is 0. The van der Waals surface area contributed by atoms with E-state index < -0.39 is 5.97 Å². The third-order valence-corrected chi connectivity index (χ3v) is 0.654. The Hall–Kier alpha value is -1.38. The number of hydrogen-bond donors (Lipinski definition) is 0. The second-order valence-electron chi connectivity index (χ2n) is 1.41. The molecular formula is C7H8O3. The van der Waals surface area contributed by atoms with Crippen LogP contribution in [0.2, 0.25) is 0 Å². The summed E-state index contributed by atoms with van der Waals surface area (Å²) in [4.78, 5) is 20.1. The van der Waals surface area contributed by atoms with Crippen LogP contribution in [-0.4, -0.2) is 18.9 Å². The lowest BCUT2D eigenvalue weighted by Gasteiger charge is -1.92. The minimum atomic E-state index is -0.535. The average molecular weight is 140 g/mol. The first-order valence-electron chi connectivity index (χ1n) is 2.70. The van der Waals surface area contributed by atoms with Gasteiger partial charge in [0, 0.05) is 6.08 Å². The van der Waals surface area contributed by atoms with Crippen LogP contribution in [0, 0.1) is 0 Å². The molecule has 0 aromatic rings. The molecule has 0 fully saturated rings. The largest absolute Gasteiger partial charge is 0.458 e. The fourth-order valence-corrected chi connectivity index (χ4v) is 0.307. The van der Waals surface area contributed by atoms with Gasteiger partial charge in [-0.15, -0.1) is 0 Å². The maximum absolute atomic E-state index is 10.4. The predicted octanol–water partition coefficient (Wildman–Crippen LogP) is 0.471. The van der Waals surface area contributed by atoms with Crippen molar-refractivity contribution in [3.8, 4) is 0 Å². The maximum Gasteiger partial charge on any atom is 0.331 e. The van der Waals surface area contributed by atoms with Crippen LogP contribution >= 0.6 is 0 Å². The Balaban J connectivity index is 3.52. The number of esters is 1. The van der Waals surface area contributed by atoms with Gasteiger partial charge in [-0.05, 0) is 6.08 Å². The smallest absolute Gasteiger partial charge is 0.331 e. The van der Waals surface area contributed by atoms with Gasteiger partial charge >= 0.3 is 5.97 Å². The van der Waals surface area contributed by atoms with Crippen molar-refractivity contribution >= 4 is 12.3 Å². The molecule has 0 rings (SSSR count). The lowest BCUT2D eigenvalue weighted by Crippen LogP contribution is -1.99. The van der Waals surface area contributed by atoms with E-state index in [0.717, 1.165) is 12.2 Å². The molecule has 0 saturated carbocycles. The lowest BCUT2D eigenvalue weighted by atomic mass is 10.5. The summed E-state index contributed by atoms with van der Waals surface area (Å²) < 4.78 is 4.49. The Morgan fingerprint density at radius 1 is 1.60 bits per heavy atom. The summed E-state index contributed by atoms with van der Waals surface area (Å²) >= 11 is 0. The Morgan fingerprint density at radius 2 is 2.30 bits per heavy atom. The molecular weight excluding hydrogens is 132 g/mol. The zero-order valence-corrected chi connectivity index (χ0v) is 5.45. The number of rotatable bonds is 4. The molecule has 10 heavy (non-hydrogen) atoms. The summed E-state index contributed by atoms with van der Waals surface area (Å²) in [5.41, 5.74) is 0. The first-order chi connectivity index (χ1) is 4.81. The van der Waals surface area contributed by atoms with Crippen LogP contribution < -0.4 is 0 Å². The first-order valence-corrected chi connectivity index (χ1v) is 2.70. The molecule has 0 aromatic heterocycles. The monoisotopic (exact) mass is 140 g/mol. The molecule has 0 heterocycles. The summed E-state index contributed by atoms with van der Waals surface area (Å²) in [6.45, 7) is 3.51. The molecule has 3 heteroatoms. The fraction of sp³-hybridized carbons (Fsp3) is 0.143. The standard InChI is InChI=1S/C7H8O3/c1-2-6-10-7(9)4-3-5-8/h2-5H,1,6H2. The highest BCUT2D eigenvalue weighted by Gasteiger charge is 1.90. The van der Waals surface area contributed by atoms with Gasteiger partial charge in [-0.1, -0.05) is 12.7 Å². The van der Waals surface area contributed by atoms with Gasteiger partial charge in [0.15, 0.2) is 0 Å². The van der Waals surface area contributed by atoms with Crippen LogP contribution in [0.1, 0.15) is 0 Å². The van der Waals surface area contributed by atoms with Crippen LogP contribution in [0.5, 0.6) is 0 Å². The van der Waals surface area contributed by atoms with E-state index in [0.29, 0.717) is 6.29 Å². The highest BCUT2D eigenvalue weighted by Crippen LogP contribution is 1.79. The van der Waals surface area contributed by atoms with E-state index in [2.05, 4.69) is 11.3 Å². The van der Waals surface area contributed by atoms with Gasteiger partial charge < -0.3 is 4.74 Å². The Kier molecular flexibility index (Phi) is 4.96. The number of ether oxygens (including phenoxy) is 1. The number of aldehydes is 1. The molecule has 0 atom stereocenters. The van der Waals surface area contributed by atoms with E-state index >= 15 is 0 Å². The van der Waals surface area contributed by atoms with Gasteiger partial charge in [0.2, 0.25) is 0 Å². The minimum Gasteiger partial charge on any atom is -0.458 e. The quantitative estimate of drug-likeness (QED) is 0.247. The van der Waals surface area contributed by atoms with E-state index in [1.165, 1.54) is 6.08 Å². The van der Waals surface area contributed by atoms with Crippen molar-refractivity contribution in [2.24, 2.45) is 0 Å². The molecule has 0 aromatic carbocycles. The summed E-state index contributed by atoms with van der Waals surface area (Å²) in [5.74, 6) is -0.535. The molecule has 0 unspecified atom stereocenters. The van der Waals surface area contributed by atoms with E-state index in [1.54, 1.807) is 0 Å². The number of allylic oxidation sites excluding steroid dienone is 1. The van der Waals surface area contributed by atoms with Crippen LogP contribution in [0.15, 0.2) is 24.8 Å². The van der Waals surface area contributed by atoms with Crippen LogP contribution in [0.25, 0.3) is 0 Å². The van der Waals surface area contributed by atoms with E-state index in [1.807, 2.05) is 0 Å². The van der Waals surface area contributed by atoms with Gasteiger partial charge in [0.1, 0.15) is 12.9 Å². The second-order valence-corrected chi connectivity index (χ2v) is 1.41. The summed E-state index contributed by atoms with van der Waals surface area (Å²) in [6.07, 6.45) is 4.09. The summed E-state index contributed by atoms with van der Waals surface area (Å²) in [6, 6.07) is 0. The molecule has 0 aliphatic rings. The highest BCUT2D eigenvalue weighted by molar-refractivity contribution is 5.86. The predicted molar refractivity (Wildman–Crippen MR) is 36.4 cm³/mol. The van der Waals surface area contributed by atoms with Gasteiger partial charge in [0.05, 0.1) is 0 Å². The average Bonchev–Trinajstić information content (AvgIpc) is 1.97. The highest BCUT2D eigenvalue weighted by atomic mass is 16.5. The molecule has 0 spiro atoms.